The van der Waals surface area contributed by atoms with Gasteiger partial charge in [0.2, 0.25) is 0 Å². The van der Waals surface area contributed by atoms with Gasteiger partial charge in [0.25, 0.3) is 0 Å². The van der Waals surface area contributed by atoms with Crippen molar-refractivity contribution < 1.29 is 4.43 Å². The molecule has 4 aromatic carbocycles. The second-order valence-corrected chi connectivity index (χ2v) is 9.47. The second kappa shape index (κ2) is 17.5. The maximum atomic E-state index is 5.21. The maximum absolute atomic E-state index is 5.21. The molecule has 1 aromatic heterocycles. The second-order valence-electron chi connectivity index (χ2n) is 7.95. The standard InChI is InChI=1S/2C12H10.C4H10OSi.C3H3N3/c2*1-3-7-11(8-4-1)12-9-5-2-6-10-12;2*1-2-4-6-5-3-1/h2*1-10H;1-4,6H2;1-3H. The fraction of sp³-hybridized carbons (Fsp3) is 0.129. The summed E-state index contributed by atoms with van der Waals surface area (Å²) in [5.41, 5.74) is 5.10. The fourth-order valence-electron chi connectivity index (χ4n) is 3.41. The third-order valence-electron chi connectivity index (χ3n) is 5.25. The number of aromatic nitrogens is 3. The fourth-order valence-corrected chi connectivity index (χ4v) is 4.58. The van der Waals surface area contributed by atoms with Crippen LogP contribution in [0, 0.1) is 0 Å². The highest BCUT2D eigenvalue weighted by Gasteiger charge is 1.96. The number of benzene rings is 4. The lowest BCUT2D eigenvalue weighted by Gasteiger charge is -2.07. The highest BCUT2D eigenvalue weighted by Crippen LogP contribution is 2.18. The summed E-state index contributed by atoms with van der Waals surface area (Å²) < 4.78 is 5.21. The van der Waals surface area contributed by atoms with Crippen molar-refractivity contribution in [3.63, 3.8) is 0 Å². The molecule has 0 saturated carbocycles. The predicted octanol–water partition coefficient (Wildman–Crippen LogP) is 6.88. The van der Waals surface area contributed by atoms with E-state index in [9.17, 15) is 0 Å². The molecule has 1 fully saturated rings. The Labute approximate surface area is 217 Å². The molecule has 0 radical (unpaired) electrons. The van der Waals surface area contributed by atoms with E-state index in [2.05, 4.69) is 112 Å². The maximum Gasteiger partial charge on any atom is 0.161 e. The molecule has 0 N–H and O–H groups in total. The summed E-state index contributed by atoms with van der Waals surface area (Å²) in [6.07, 6.45) is 5.90. The Bertz CT molecular complexity index is 971. The smallest absolute Gasteiger partial charge is 0.161 e. The van der Waals surface area contributed by atoms with Crippen molar-refractivity contribution in [2.45, 2.75) is 18.9 Å². The van der Waals surface area contributed by atoms with Crippen LogP contribution in [0.25, 0.3) is 22.3 Å². The highest BCUT2D eigenvalue weighted by atomic mass is 28.2. The average molecular weight is 492 g/mol. The molecule has 0 bridgehead atoms. The molecule has 182 valence electrons. The molecule has 1 saturated heterocycles. The number of rotatable bonds is 2. The topological polar surface area (TPSA) is 47.9 Å². The summed E-state index contributed by atoms with van der Waals surface area (Å²) in [5, 5.41) is 10.1. The Morgan fingerprint density at radius 3 is 1.03 bits per heavy atom. The highest BCUT2D eigenvalue weighted by molar-refractivity contribution is 6.27. The van der Waals surface area contributed by atoms with Crippen LogP contribution in [0.5, 0.6) is 0 Å². The average Bonchev–Trinajstić information content (AvgIpc) is 3.02. The van der Waals surface area contributed by atoms with Crippen molar-refractivity contribution in [2.24, 2.45) is 0 Å². The quantitative estimate of drug-likeness (QED) is 0.253. The van der Waals surface area contributed by atoms with Crippen molar-refractivity contribution in [1.29, 1.82) is 0 Å². The van der Waals surface area contributed by atoms with E-state index in [4.69, 9.17) is 4.43 Å². The SMILES string of the molecule is C1CC[SiH2]OC1.c1ccc(-c2ccccc2)cc1.c1ccc(-c2ccccc2)cc1.c1cnnnc1. The lowest BCUT2D eigenvalue weighted by Crippen LogP contribution is -2.06. The zero-order chi connectivity index (χ0) is 24.9. The first kappa shape index (κ1) is 26.7. The molecule has 36 heavy (non-hydrogen) atoms. The van der Waals surface area contributed by atoms with E-state index in [1.807, 2.05) is 24.3 Å². The van der Waals surface area contributed by atoms with Gasteiger partial charge >= 0.3 is 0 Å². The van der Waals surface area contributed by atoms with Crippen LogP contribution in [-0.2, 0) is 4.43 Å². The van der Waals surface area contributed by atoms with Crippen molar-refractivity contribution in [3.05, 3.63) is 140 Å². The van der Waals surface area contributed by atoms with Gasteiger partial charge in [0.1, 0.15) is 0 Å². The lowest BCUT2D eigenvalue weighted by atomic mass is 10.1. The van der Waals surface area contributed by atoms with E-state index in [1.165, 1.54) is 41.1 Å². The molecule has 1 aliphatic rings. The first-order chi connectivity index (χ1) is 17.9. The number of hydrogen-bond acceptors (Lipinski definition) is 4. The van der Waals surface area contributed by atoms with Crippen LogP contribution in [0.1, 0.15) is 12.8 Å². The van der Waals surface area contributed by atoms with Crippen LogP contribution in [-0.4, -0.2) is 31.8 Å². The Balaban J connectivity index is 0.000000141. The Hall–Kier alpha value is -3.93. The van der Waals surface area contributed by atoms with Crippen molar-refractivity contribution in [2.75, 3.05) is 6.61 Å². The van der Waals surface area contributed by atoms with Crippen LogP contribution in [0.3, 0.4) is 0 Å². The van der Waals surface area contributed by atoms with Gasteiger partial charge in [-0.05, 0) is 46.0 Å². The number of hydrogen-bond donors (Lipinski definition) is 0. The van der Waals surface area contributed by atoms with E-state index < -0.39 is 0 Å². The minimum absolute atomic E-state index is 0.00849. The van der Waals surface area contributed by atoms with Crippen LogP contribution in [0.15, 0.2) is 140 Å². The van der Waals surface area contributed by atoms with Crippen molar-refractivity contribution in [3.8, 4) is 22.3 Å². The zero-order valence-corrected chi connectivity index (χ0v) is 22.0. The molecular formula is C31H33N3OSi. The Morgan fingerprint density at radius 2 is 0.861 bits per heavy atom. The molecule has 4 nitrogen and oxygen atoms in total. The molecule has 5 heteroatoms. The first-order valence-corrected chi connectivity index (χ1v) is 13.9. The van der Waals surface area contributed by atoms with Gasteiger partial charge in [-0.2, -0.15) is 0 Å². The minimum Gasteiger partial charge on any atom is -0.424 e. The summed E-state index contributed by atoms with van der Waals surface area (Å²) >= 11 is 0. The summed E-state index contributed by atoms with van der Waals surface area (Å²) in [6, 6.07) is 44.7. The lowest BCUT2D eigenvalue weighted by molar-refractivity contribution is 0.304. The molecule has 5 aromatic rings. The third kappa shape index (κ3) is 11.0. The monoisotopic (exact) mass is 491 g/mol. The van der Waals surface area contributed by atoms with Gasteiger partial charge in [-0.3, -0.25) is 0 Å². The molecule has 0 unspecified atom stereocenters. The molecule has 6 rings (SSSR count). The normalized spacial score (nSPS) is 12.4. The van der Waals surface area contributed by atoms with Gasteiger partial charge in [0.15, 0.2) is 9.76 Å². The van der Waals surface area contributed by atoms with E-state index >= 15 is 0 Å². The predicted molar refractivity (Wildman–Crippen MR) is 152 cm³/mol. The Morgan fingerprint density at radius 1 is 0.472 bits per heavy atom. The molecule has 0 aliphatic carbocycles. The molecule has 0 amide bonds. The summed E-state index contributed by atoms with van der Waals surface area (Å²) in [6.45, 7) is 1.06. The molecule has 0 spiro atoms. The van der Waals surface area contributed by atoms with Crippen LogP contribution in [0.4, 0.5) is 0 Å². The van der Waals surface area contributed by atoms with Gasteiger partial charge in [0, 0.05) is 6.61 Å². The minimum atomic E-state index is 0.00849. The zero-order valence-electron chi connectivity index (χ0n) is 20.6. The van der Waals surface area contributed by atoms with Gasteiger partial charge in [0.05, 0.1) is 12.4 Å². The van der Waals surface area contributed by atoms with E-state index in [0.717, 1.165) is 6.61 Å². The number of nitrogens with zero attached hydrogens (tertiary/aromatic N) is 3. The summed E-state index contributed by atoms with van der Waals surface area (Å²) in [7, 11) is 0.00849. The molecule has 0 atom stereocenters. The molecule has 1 aliphatic heterocycles. The first-order valence-electron chi connectivity index (χ1n) is 12.3. The van der Waals surface area contributed by atoms with Gasteiger partial charge in [-0.25, -0.2) is 0 Å². The van der Waals surface area contributed by atoms with Gasteiger partial charge in [-0.1, -0.05) is 128 Å². The van der Waals surface area contributed by atoms with Gasteiger partial charge in [-0.15, -0.1) is 10.2 Å². The molecule has 2 heterocycles. The largest absolute Gasteiger partial charge is 0.424 e. The van der Waals surface area contributed by atoms with Crippen LogP contribution in [0.2, 0.25) is 6.04 Å². The van der Waals surface area contributed by atoms with Gasteiger partial charge < -0.3 is 4.43 Å². The van der Waals surface area contributed by atoms with E-state index in [-0.39, 0.29) is 9.76 Å². The van der Waals surface area contributed by atoms with Crippen LogP contribution >= 0.6 is 0 Å². The van der Waals surface area contributed by atoms with Crippen LogP contribution < -0.4 is 0 Å². The molecular weight excluding hydrogens is 458 g/mol. The van der Waals surface area contributed by atoms with E-state index in [0.29, 0.717) is 0 Å². The van der Waals surface area contributed by atoms with Crippen molar-refractivity contribution in [1.82, 2.24) is 15.4 Å². The van der Waals surface area contributed by atoms with Crippen molar-refractivity contribution >= 4 is 9.76 Å². The van der Waals surface area contributed by atoms with E-state index in [1.54, 1.807) is 18.5 Å². The Kier molecular flexibility index (Phi) is 13.0. The summed E-state index contributed by atoms with van der Waals surface area (Å²) in [4.78, 5) is 0. The summed E-state index contributed by atoms with van der Waals surface area (Å²) in [5.74, 6) is 0. The third-order valence-corrected chi connectivity index (χ3v) is 6.61.